The molecule has 0 fully saturated rings. The fourth-order valence-electron chi connectivity index (χ4n) is 1.98. The molecule has 0 aliphatic carbocycles. The second-order valence-corrected chi connectivity index (χ2v) is 5.24. The van der Waals surface area contributed by atoms with Gasteiger partial charge in [0.05, 0.1) is 22.6 Å². The average Bonchev–Trinajstić information content (AvgIpc) is 2.54. The van der Waals surface area contributed by atoms with E-state index < -0.39 is 5.41 Å². The van der Waals surface area contributed by atoms with Gasteiger partial charge in [0.2, 0.25) is 0 Å². The molecule has 0 bridgehead atoms. The summed E-state index contributed by atoms with van der Waals surface area (Å²) in [6.45, 7) is 5.42. The molecule has 0 spiro atoms. The maximum Gasteiger partial charge on any atom is 0.261 e. The van der Waals surface area contributed by atoms with Gasteiger partial charge in [-0.15, -0.1) is 0 Å². The molecular formula is C14H14N2O2. The number of amides is 2. The fourth-order valence-corrected chi connectivity index (χ4v) is 1.98. The number of benzene rings is 1. The number of fused-ring (bicyclic) bond motifs is 1. The van der Waals surface area contributed by atoms with E-state index in [1.54, 1.807) is 26.0 Å². The first-order valence-electron chi connectivity index (χ1n) is 5.74. The first kappa shape index (κ1) is 12.3. The molecule has 1 aliphatic rings. The monoisotopic (exact) mass is 242 g/mol. The van der Waals surface area contributed by atoms with Crippen molar-refractivity contribution >= 4 is 11.8 Å². The molecule has 92 valence electrons. The summed E-state index contributed by atoms with van der Waals surface area (Å²) >= 11 is 0. The van der Waals surface area contributed by atoms with Gasteiger partial charge >= 0.3 is 0 Å². The van der Waals surface area contributed by atoms with Crippen LogP contribution in [0.2, 0.25) is 0 Å². The number of hydrogen-bond donors (Lipinski definition) is 0. The Kier molecular flexibility index (Phi) is 2.70. The van der Waals surface area contributed by atoms with Crippen LogP contribution in [0, 0.1) is 23.7 Å². The predicted molar refractivity (Wildman–Crippen MR) is 65.9 cm³/mol. The van der Waals surface area contributed by atoms with Gasteiger partial charge in [-0.2, -0.15) is 5.26 Å². The van der Waals surface area contributed by atoms with Crippen molar-refractivity contribution in [2.45, 2.75) is 20.8 Å². The molecule has 1 heterocycles. The Morgan fingerprint density at radius 3 is 2.44 bits per heavy atom. The Hall–Kier alpha value is -2.15. The van der Waals surface area contributed by atoms with Crippen molar-refractivity contribution in [3.8, 4) is 6.07 Å². The minimum atomic E-state index is -0.734. The maximum atomic E-state index is 12.1. The molecule has 0 radical (unpaired) electrons. The zero-order chi connectivity index (χ0) is 13.5. The Balaban J connectivity index is 2.38. The van der Waals surface area contributed by atoms with E-state index in [1.807, 2.05) is 13.0 Å². The standard InChI is InChI=1S/C14H14N2O2/c1-9-4-5-10-11(6-9)13(18)16(12(10)17)8-14(2,3)7-15/h4-6H,8H2,1-3H3. The number of rotatable bonds is 2. The van der Waals surface area contributed by atoms with Crippen molar-refractivity contribution in [2.75, 3.05) is 6.54 Å². The quantitative estimate of drug-likeness (QED) is 0.746. The van der Waals surface area contributed by atoms with Crippen LogP contribution in [0.3, 0.4) is 0 Å². The third-order valence-corrected chi connectivity index (χ3v) is 2.98. The Morgan fingerprint density at radius 1 is 1.22 bits per heavy atom. The zero-order valence-electron chi connectivity index (χ0n) is 10.7. The minimum Gasteiger partial charge on any atom is -0.273 e. The molecular weight excluding hydrogens is 228 g/mol. The summed E-state index contributed by atoms with van der Waals surface area (Å²) in [6, 6.07) is 7.30. The molecule has 1 aromatic carbocycles. The number of aryl methyl sites for hydroxylation is 1. The molecule has 4 heteroatoms. The smallest absolute Gasteiger partial charge is 0.261 e. The van der Waals surface area contributed by atoms with Crippen molar-refractivity contribution in [2.24, 2.45) is 5.41 Å². The van der Waals surface area contributed by atoms with E-state index >= 15 is 0 Å². The Bertz CT molecular complexity index is 582. The van der Waals surface area contributed by atoms with Crippen LogP contribution in [0.5, 0.6) is 0 Å². The van der Waals surface area contributed by atoms with Crippen LogP contribution in [0.1, 0.15) is 40.1 Å². The molecule has 1 aromatic rings. The topological polar surface area (TPSA) is 61.2 Å². The molecule has 1 aliphatic heterocycles. The summed E-state index contributed by atoms with van der Waals surface area (Å²) in [6.07, 6.45) is 0. The molecule has 2 amide bonds. The van der Waals surface area contributed by atoms with Crippen LogP contribution in [-0.2, 0) is 0 Å². The normalized spacial score (nSPS) is 14.7. The van der Waals surface area contributed by atoms with E-state index in [4.69, 9.17) is 5.26 Å². The van der Waals surface area contributed by atoms with Crippen LogP contribution < -0.4 is 0 Å². The molecule has 18 heavy (non-hydrogen) atoms. The second kappa shape index (κ2) is 3.95. The molecule has 4 nitrogen and oxygen atoms in total. The molecule has 0 saturated carbocycles. The van der Waals surface area contributed by atoms with Crippen molar-refractivity contribution in [1.29, 1.82) is 5.26 Å². The van der Waals surface area contributed by atoms with Crippen LogP contribution in [0.15, 0.2) is 18.2 Å². The first-order chi connectivity index (χ1) is 8.35. The first-order valence-corrected chi connectivity index (χ1v) is 5.74. The van der Waals surface area contributed by atoms with E-state index in [-0.39, 0.29) is 18.4 Å². The number of nitriles is 1. The summed E-state index contributed by atoms with van der Waals surface area (Å²) in [5, 5.41) is 8.99. The lowest BCUT2D eigenvalue weighted by atomic mass is 9.95. The summed E-state index contributed by atoms with van der Waals surface area (Å²) < 4.78 is 0. The van der Waals surface area contributed by atoms with Gasteiger partial charge in [-0.25, -0.2) is 0 Å². The lowest BCUT2D eigenvalue weighted by molar-refractivity contribution is 0.0616. The van der Waals surface area contributed by atoms with Gasteiger partial charge in [0.25, 0.3) is 11.8 Å². The molecule has 0 atom stereocenters. The lowest BCUT2D eigenvalue weighted by Crippen LogP contribution is -2.37. The van der Waals surface area contributed by atoms with Crippen molar-refractivity contribution in [1.82, 2.24) is 4.90 Å². The number of carbonyl (C=O) groups excluding carboxylic acids is 2. The number of hydrogen-bond acceptors (Lipinski definition) is 3. The van der Waals surface area contributed by atoms with E-state index in [1.165, 1.54) is 0 Å². The molecule has 0 aromatic heterocycles. The summed E-state index contributed by atoms with van der Waals surface area (Å²) in [5.41, 5.74) is 1.08. The molecule has 2 rings (SSSR count). The summed E-state index contributed by atoms with van der Waals surface area (Å²) in [5.74, 6) is -0.611. The highest BCUT2D eigenvalue weighted by Gasteiger charge is 2.38. The van der Waals surface area contributed by atoms with Crippen molar-refractivity contribution < 1.29 is 9.59 Å². The van der Waals surface area contributed by atoms with Gasteiger partial charge in [-0.1, -0.05) is 11.6 Å². The van der Waals surface area contributed by atoms with Gasteiger partial charge in [0.1, 0.15) is 0 Å². The fraction of sp³-hybridized carbons (Fsp3) is 0.357. The van der Waals surface area contributed by atoms with Crippen LogP contribution in [0.25, 0.3) is 0 Å². The van der Waals surface area contributed by atoms with E-state index in [2.05, 4.69) is 6.07 Å². The van der Waals surface area contributed by atoms with Gasteiger partial charge < -0.3 is 0 Å². The summed E-state index contributed by atoms with van der Waals surface area (Å²) in [4.78, 5) is 25.4. The average molecular weight is 242 g/mol. The SMILES string of the molecule is Cc1ccc2c(c1)C(=O)N(CC(C)(C)C#N)C2=O. The lowest BCUT2D eigenvalue weighted by Gasteiger charge is -2.22. The van der Waals surface area contributed by atoms with E-state index in [9.17, 15) is 9.59 Å². The largest absolute Gasteiger partial charge is 0.273 e. The van der Waals surface area contributed by atoms with Gasteiger partial charge in [0.15, 0.2) is 0 Å². The number of nitrogens with zero attached hydrogens (tertiary/aromatic N) is 2. The Labute approximate surface area is 106 Å². The van der Waals surface area contributed by atoms with Crippen molar-refractivity contribution in [3.05, 3.63) is 34.9 Å². The van der Waals surface area contributed by atoms with Gasteiger partial charge in [0, 0.05) is 6.54 Å². The number of imide groups is 1. The van der Waals surface area contributed by atoms with Crippen molar-refractivity contribution in [3.63, 3.8) is 0 Å². The van der Waals surface area contributed by atoms with E-state index in [0.29, 0.717) is 11.1 Å². The third-order valence-electron chi connectivity index (χ3n) is 2.98. The molecule has 0 unspecified atom stereocenters. The maximum absolute atomic E-state index is 12.1. The number of carbonyl (C=O) groups is 2. The minimum absolute atomic E-state index is 0.120. The second-order valence-electron chi connectivity index (χ2n) is 5.24. The van der Waals surface area contributed by atoms with Crippen LogP contribution in [-0.4, -0.2) is 23.3 Å². The Morgan fingerprint density at radius 2 is 1.83 bits per heavy atom. The molecule has 0 saturated heterocycles. The van der Waals surface area contributed by atoms with Crippen LogP contribution in [0.4, 0.5) is 0 Å². The highest BCUT2D eigenvalue weighted by molar-refractivity contribution is 6.21. The predicted octanol–water partition coefficient (Wildman–Crippen LogP) is 2.14. The van der Waals surface area contributed by atoms with Gasteiger partial charge in [-0.3, -0.25) is 14.5 Å². The highest BCUT2D eigenvalue weighted by atomic mass is 16.2. The summed E-state index contributed by atoms with van der Waals surface area (Å²) in [7, 11) is 0. The zero-order valence-corrected chi connectivity index (χ0v) is 10.7. The third kappa shape index (κ3) is 1.88. The van der Waals surface area contributed by atoms with Crippen LogP contribution >= 0.6 is 0 Å². The molecule has 0 N–H and O–H groups in total. The van der Waals surface area contributed by atoms with Gasteiger partial charge in [-0.05, 0) is 32.9 Å². The van der Waals surface area contributed by atoms with E-state index in [0.717, 1.165) is 10.5 Å². The highest BCUT2D eigenvalue weighted by Crippen LogP contribution is 2.27.